The molecule has 1 aliphatic rings. The number of thiophene rings is 1. The van der Waals surface area contributed by atoms with Crippen LogP contribution in [0.25, 0.3) is 0 Å². The zero-order valence-corrected chi connectivity index (χ0v) is 18.8. The first-order valence-electron chi connectivity index (χ1n) is 10.3. The molecule has 31 heavy (non-hydrogen) atoms. The molecule has 4 rings (SSSR count). The van der Waals surface area contributed by atoms with E-state index in [1.54, 1.807) is 15.6 Å². The highest BCUT2D eigenvalue weighted by Gasteiger charge is 2.32. The van der Waals surface area contributed by atoms with Gasteiger partial charge in [0.1, 0.15) is 0 Å². The number of hydrogen-bond donors (Lipinski definition) is 1. The molecule has 0 spiro atoms. The maximum atomic E-state index is 13.1. The first-order valence-corrected chi connectivity index (χ1v) is 12.6. The number of amides is 1. The highest BCUT2D eigenvalue weighted by atomic mass is 32.2. The fraction of sp³-hybridized carbons (Fsp3) is 0.381. The van der Waals surface area contributed by atoms with Crippen molar-refractivity contribution in [2.24, 2.45) is 0 Å². The van der Waals surface area contributed by atoms with Crippen LogP contribution in [0, 0.1) is 0 Å². The Kier molecular flexibility index (Phi) is 6.49. The molecular formula is C21H24N4O4S2. The molecule has 8 nitrogen and oxygen atoms in total. The van der Waals surface area contributed by atoms with Crippen molar-refractivity contribution in [1.82, 2.24) is 14.5 Å². The summed E-state index contributed by atoms with van der Waals surface area (Å²) in [6, 6.07) is 9.89. The smallest absolute Gasteiger partial charge is 0.322 e. The lowest BCUT2D eigenvalue weighted by atomic mass is 10.0. The summed E-state index contributed by atoms with van der Waals surface area (Å²) < 4.78 is 33.2. The molecule has 3 heterocycles. The third kappa shape index (κ3) is 4.86. The fourth-order valence-corrected chi connectivity index (χ4v) is 6.18. The second kappa shape index (κ2) is 9.29. The highest BCUT2D eigenvalue weighted by molar-refractivity contribution is 7.89. The van der Waals surface area contributed by atoms with Gasteiger partial charge < -0.3 is 4.42 Å². The van der Waals surface area contributed by atoms with Gasteiger partial charge in [0.25, 0.3) is 5.91 Å². The number of carbonyl (C=O) groups excluding carboxylic acids is 1. The van der Waals surface area contributed by atoms with E-state index in [9.17, 15) is 13.2 Å². The Morgan fingerprint density at radius 1 is 1.23 bits per heavy atom. The molecule has 0 saturated carbocycles. The van der Waals surface area contributed by atoms with Gasteiger partial charge >= 0.3 is 6.01 Å². The van der Waals surface area contributed by atoms with Gasteiger partial charge in [0.15, 0.2) is 0 Å². The molecule has 1 fully saturated rings. The maximum Gasteiger partial charge on any atom is 0.322 e. The summed E-state index contributed by atoms with van der Waals surface area (Å²) in [5.74, 6) is -0.0362. The van der Waals surface area contributed by atoms with E-state index < -0.39 is 15.9 Å². The van der Waals surface area contributed by atoms with E-state index >= 15 is 0 Å². The van der Waals surface area contributed by atoms with E-state index in [0.717, 1.165) is 30.6 Å². The van der Waals surface area contributed by atoms with Crippen molar-refractivity contribution in [3.8, 4) is 0 Å². The molecule has 1 amide bonds. The first-order chi connectivity index (χ1) is 15.0. The molecule has 1 N–H and O–H groups in total. The topological polar surface area (TPSA) is 105 Å². The van der Waals surface area contributed by atoms with Crippen LogP contribution < -0.4 is 5.32 Å². The van der Waals surface area contributed by atoms with E-state index in [4.69, 9.17) is 4.42 Å². The number of anilines is 1. The van der Waals surface area contributed by atoms with Crippen molar-refractivity contribution in [2.75, 3.05) is 11.9 Å². The van der Waals surface area contributed by atoms with Crippen LogP contribution in [-0.2, 0) is 16.4 Å². The summed E-state index contributed by atoms with van der Waals surface area (Å²) in [5, 5.41) is 12.3. The van der Waals surface area contributed by atoms with Crippen LogP contribution in [0.1, 0.15) is 53.7 Å². The lowest BCUT2D eigenvalue weighted by molar-refractivity contribution is 0.102. The van der Waals surface area contributed by atoms with Crippen molar-refractivity contribution in [3.05, 3.63) is 58.1 Å². The van der Waals surface area contributed by atoms with E-state index in [-0.39, 0.29) is 17.0 Å². The van der Waals surface area contributed by atoms with Crippen LogP contribution in [0.15, 0.2) is 51.1 Å². The number of piperidine rings is 1. The summed E-state index contributed by atoms with van der Waals surface area (Å²) >= 11 is 1.59. The third-order valence-corrected chi connectivity index (χ3v) is 8.20. The lowest BCUT2D eigenvalue weighted by Gasteiger charge is -2.34. The van der Waals surface area contributed by atoms with Gasteiger partial charge in [0.2, 0.25) is 15.9 Å². The Morgan fingerprint density at radius 3 is 2.74 bits per heavy atom. The number of aromatic nitrogens is 2. The Bertz CT molecular complexity index is 1120. The molecule has 0 radical (unpaired) electrons. The van der Waals surface area contributed by atoms with Gasteiger partial charge in [-0.05, 0) is 55.0 Å². The van der Waals surface area contributed by atoms with Crippen molar-refractivity contribution in [3.63, 3.8) is 0 Å². The molecule has 0 aliphatic carbocycles. The molecular weight excluding hydrogens is 436 g/mol. The molecule has 2 aromatic heterocycles. The van der Waals surface area contributed by atoms with Crippen molar-refractivity contribution in [2.45, 2.75) is 50.0 Å². The Balaban J connectivity index is 1.43. The summed E-state index contributed by atoms with van der Waals surface area (Å²) in [5.41, 5.74) is 0.308. The molecule has 1 unspecified atom stereocenters. The number of benzene rings is 1. The summed E-state index contributed by atoms with van der Waals surface area (Å²) in [4.78, 5) is 13.8. The average molecular weight is 461 g/mol. The number of carbonyl (C=O) groups is 1. The number of nitrogens with zero attached hydrogens (tertiary/aromatic N) is 3. The third-order valence-electron chi connectivity index (χ3n) is 5.36. The van der Waals surface area contributed by atoms with E-state index in [2.05, 4.69) is 15.5 Å². The molecule has 10 heteroatoms. The predicted molar refractivity (Wildman–Crippen MR) is 118 cm³/mol. The monoisotopic (exact) mass is 460 g/mol. The number of rotatable bonds is 7. The molecule has 0 bridgehead atoms. The van der Waals surface area contributed by atoms with Gasteiger partial charge in [0, 0.05) is 23.0 Å². The number of sulfonamides is 1. The van der Waals surface area contributed by atoms with Gasteiger partial charge in [-0.3, -0.25) is 10.1 Å². The second-order valence-electron chi connectivity index (χ2n) is 7.41. The van der Waals surface area contributed by atoms with Gasteiger partial charge in [-0.2, -0.15) is 4.31 Å². The Morgan fingerprint density at radius 2 is 2.03 bits per heavy atom. The van der Waals surface area contributed by atoms with Gasteiger partial charge in [-0.1, -0.05) is 24.5 Å². The fourth-order valence-electron chi connectivity index (χ4n) is 3.72. The van der Waals surface area contributed by atoms with Gasteiger partial charge in [-0.15, -0.1) is 16.4 Å². The number of hydrogen-bond acceptors (Lipinski definition) is 7. The zero-order chi connectivity index (χ0) is 21.8. The van der Waals surface area contributed by atoms with E-state index in [1.165, 1.54) is 24.3 Å². The first kappa shape index (κ1) is 21.7. The van der Waals surface area contributed by atoms with Crippen molar-refractivity contribution < 1.29 is 17.6 Å². The van der Waals surface area contributed by atoms with Gasteiger partial charge in [-0.25, -0.2) is 8.42 Å². The number of nitrogens with one attached hydrogen (secondary N) is 1. The standard InChI is InChI=1S/C21H24N4O4S2/c1-2-16-6-3-4-12-25(16)31(27,28)18-10-8-15(9-11-18)20(26)22-21-24-23-19(29-21)14-17-7-5-13-30-17/h5,7-11,13,16H,2-4,6,12,14H2,1H3,(H,22,24,26). The maximum absolute atomic E-state index is 13.1. The minimum absolute atomic E-state index is 0.00681. The van der Waals surface area contributed by atoms with Gasteiger partial charge in [0.05, 0.1) is 11.3 Å². The van der Waals surface area contributed by atoms with Crippen molar-refractivity contribution in [1.29, 1.82) is 0 Å². The molecule has 1 aromatic carbocycles. The zero-order valence-electron chi connectivity index (χ0n) is 17.2. The second-order valence-corrected chi connectivity index (χ2v) is 10.3. The molecule has 1 saturated heterocycles. The minimum Gasteiger partial charge on any atom is -0.407 e. The van der Waals surface area contributed by atoms with Crippen LogP contribution >= 0.6 is 11.3 Å². The van der Waals surface area contributed by atoms with E-state index in [0.29, 0.717) is 24.4 Å². The molecule has 164 valence electrons. The largest absolute Gasteiger partial charge is 0.407 e. The highest BCUT2D eigenvalue weighted by Crippen LogP contribution is 2.27. The molecule has 1 atom stereocenters. The summed E-state index contributed by atoms with van der Waals surface area (Å²) in [6.07, 6.45) is 4.10. The predicted octanol–water partition coefficient (Wildman–Crippen LogP) is 3.93. The molecule has 3 aromatic rings. The van der Waals surface area contributed by atoms with Crippen LogP contribution in [0.3, 0.4) is 0 Å². The summed E-state index contributed by atoms with van der Waals surface area (Å²) in [6.45, 7) is 2.55. The normalized spacial score (nSPS) is 17.5. The van der Waals surface area contributed by atoms with Crippen molar-refractivity contribution >= 4 is 33.3 Å². The van der Waals surface area contributed by atoms with E-state index in [1.807, 2.05) is 24.4 Å². The van der Waals surface area contributed by atoms with Crippen LogP contribution in [0.4, 0.5) is 6.01 Å². The quantitative estimate of drug-likeness (QED) is 0.573. The Hall–Kier alpha value is -2.56. The SMILES string of the molecule is CCC1CCCCN1S(=O)(=O)c1ccc(C(=O)Nc2nnc(Cc3cccs3)o2)cc1. The lowest BCUT2D eigenvalue weighted by Crippen LogP contribution is -2.43. The Labute approximate surface area is 185 Å². The average Bonchev–Trinajstić information content (AvgIpc) is 3.46. The molecule has 1 aliphatic heterocycles. The van der Waals surface area contributed by atoms with Crippen LogP contribution in [0.5, 0.6) is 0 Å². The van der Waals surface area contributed by atoms with Crippen LogP contribution in [0.2, 0.25) is 0 Å². The van der Waals surface area contributed by atoms with Crippen LogP contribution in [-0.4, -0.2) is 41.4 Å². The minimum atomic E-state index is -3.58. The summed E-state index contributed by atoms with van der Waals surface area (Å²) in [7, 11) is -3.58.